The number of sulfonamides is 1. The molecule has 0 saturated carbocycles. The topological polar surface area (TPSA) is 81.7 Å². The summed E-state index contributed by atoms with van der Waals surface area (Å²) in [5, 5.41) is 0. The van der Waals surface area contributed by atoms with E-state index in [0.29, 0.717) is 13.2 Å². The average Bonchev–Trinajstić information content (AvgIpc) is 2.54. The van der Waals surface area contributed by atoms with Crippen molar-refractivity contribution in [2.75, 3.05) is 19.8 Å². The molecule has 0 amide bonds. The zero-order valence-electron chi connectivity index (χ0n) is 13.4. The van der Waals surface area contributed by atoms with Crippen LogP contribution >= 0.6 is 0 Å². The van der Waals surface area contributed by atoms with Crippen molar-refractivity contribution >= 4 is 16.0 Å². The van der Waals surface area contributed by atoms with E-state index in [-0.39, 0.29) is 17.4 Å². The van der Waals surface area contributed by atoms with Crippen LogP contribution in [0.4, 0.5) is 0 Å². The summed E-state index contributed by atoms with van der Waals surface area (Å²) < 4.78 is 38.0. The molecule has 2 atom stereocenters. The van der Waals surface area contributed by atoms with Crippen LogP contribution in [0.15, 0.2) is 29.2 Å². The number of rotatable bonds is 6. The van der Waals surface area contributed by atoms with Crippen LogP contribution in [0.3, 0.4) is 0 Å². The molecule has 0 bridgehead atoms. The molecular formula is C16H23NO5S. The van der Waals surface area contributed by atoms with E-state index in [9.17, 15) is 13.2 Å². The molecular weight excluding hydrogens is 318 g/mol. The Morgan fingerprint density at radius 3 is 2.65 bits per heavy atom. The van der Waals surface area contributed by atoms with E-state index in [1.165, 1.54) is 12.1 Å². The van der Waals surface area contributed by atoms with Gasteiger partial charge in [-0.05, 0) is 38.8 Å². The Morgan fingerprint density at radius 1 is 1.39 bits per heavy atom. The van der Waals surface area contributed by atoms with Crippen molar-refractivity contribution in [3.8, 4) is 0 Å². The minimum atomic E-state index is -3.80. The van der Waals surface area contributed by atoms with E-state index in [1.54, 1.807) is 19.1 Å². The average molecular weight is 341 g/mol. The molecule has 0 aromatic heterocycles. The smallest absolute Gasteiger partial charge is 0.324 e. The summed E-state index contributed by atoms with van der Waals surface area (Å²) in [6.07, 6.45) is 1.52. The number of nitrogens with one attached hydrogen (secondary N) is 1. The van der Waals surface area contributed by atoms with E-state index in [0.717, 1.165) is 18.4 Å². The predicted octanol–water partition coefficient (Wildman–Crippen LogP) is 1.63. The van der Waals surface area contributed by atoms with Gasteiger partial charge in [0.2, 0.25) is 10.0 Å². The Morgan fingerprint density at radius 2 is 2.09 bits per heavy atom. The minimum Gasteiger partial charge on any atom is -0.465 e. The maximum Gasteiger partial charge on any atom is 0.324 e. The SMILES string of the molecule is CCOC(=O)C(NS(=O)(=O)c1ccc(C)cc1)C1CCCOC1. The van der Waals surface area contributed by atoms with Gasteiger partial charge < -0.3 is 9.47 Å². The molecule has 1 aliphatic rings. The summed E-state index contributed by atoms with van der Waals surface area (Å²) >= 11 is 0. The van der Waals surface area contributed by atoms with Crippen LogP contribution < -0.4 is 4.72 Å². The molecule has 1 aliphatic heterocycles. The van der Waals surface area contributed by atoms with Crippen molar-refractivity contribution in [1.82, 2.24) is 4.72 Å². The van der Waals surface area contributed by atoms with E-state index in [4.69, 9.17) is 9.47 Å². The monoisotopic (exact) mass is 341 g/mol. The van der Waals surface area contributed by atoms with Crippen LogP contribution in [0, 0.1) is 12.8 Å². The summed E-state index contributed by atoms with van der Waals surface area (Å²) in [7, 11) is -3.80. The molecule has 128 valence electrons. The largest absolute Gasteiger partial charge is 0.465 e. The van der Waals surface area contributed by atoms with Crippen molar-refractivity contribution in [2.45, 2.75) is 37.6 Å². The maximum atomic E-state index is 12.5. The minimum absolute atomic E-state index is 0.133. The zero-order valence-corrected chi connectivity index (χ0v) is 14.3. The molecule has 2 rings (SSSR count). The zero-order chi connectivity index (χ0) is 16.9. The fourth-order valence-corrected chi connectivity index (χ4v) is 3.80. The molecule has 1 saturated heterocycles. The van der Waals surface area contributed by atoms with Gasteiger partial charge in [-0.15, -0.1) is 0 Å². The molecule has 1 aromatic carbocycles. The van der Waals surface area contributed by atoms with Gasteiger partial charge in [-0.25, -0.2) is 8.42 Å². The first kappa shape index (κ1) is 17.9. The highest BCUT2D eigenvalue weighted by molar-refractivity contribution is 7.89. The molecule has 1 heterocycles. The number of esters is 1. The van der Waals surface area contributed by atoms with Gasteiger partial charge in [0.05, 0.1) is 18.1 Å². The van der Waals surface area contributed by atoms with E-state index < -0.39 is 22.0 Å². The normalized spacial score (nSPS) is 20.0. The quantitative estimate of drug-likeness (QED) is 0.795. The Balaban J connectivity index is 2.21. The molecule has 0 spiro atoms. The molecule has 6 nitrogen and oxygen atoms in total. The van der Waals surface area contributed by atoms with Gasteiger partial charge in [0.15, 0.2) is 0 Å². The number of ether oxygens (including phenoxy) is 2. The first-order chi connectivity index (χ1) is 10.9. The first-order valence-corrected chi connectivity index (χ1v) is 9.25. The van der Waals surface area contributed by atoms with Gasteiger partial charge in [0.25, 0.3) is 0 Å². The van der Waals surface area contributed by atoms with Crippen LogP contribution in [0.5, 0.6) is 0 Å². The Kier molecular flexibility index (Phi) is 6.15. The third-order valence-electron chi connectivity index (χ3n) is 3.82. The van der Waals surface area contributed by atoms with Crippen LogP contribution in [-0.2, 0) is 24.3 Å². The predicted molar refractivity (Wildman–Crippen MR) is 85.5 cm³/mol. The van der Waals surface area contributed by atoms with Gasteiger partial charge in [-0.3, -0.25) is 4.79 Å². The molecule has 1 aromatic rings. The highest BCUT2D eigenvalue weighted by Crippen LogP contribution is 2.21. The summed E-state index contributed by atoms with van der Waals surface area (Å²) in [6, 6.07) is 5.56. The number of carbonyl (C=O) groups is 1. The molecule has 2 unspecified atom stereocenters. The van der Waals surface area contributed by atoms with Crippen LogP contribution in [-0.4, -0.2) is 40.2 Å². The highest BCUT2D eigenvalue weighted by Gasteiger charge is 2.35. The molecule has 1 N–H and O–H groups in total. The Hall–Kier alpha value is -1.44. The summed E-state index contributed by atoms with van der Waals surface area (Å²) in [6.45, 7) is 4.76. The standard InChI is InChI=1S/C16H23NO5S/c1-3-22-16(18)15(13-5-4-10-21-11-13)17-23(19,20)14-8-6-12(2)7-9-14/h6-9,13,15,17H,3-5,10-11H2,1-2H3. The van der Waals surface area contributed by atoms with Gasteiger partial charge in [0, 0.05) is 12.5 Å². The van der Waals surface area contributed by atoms with Crippen molar-refractivity contribution in [1.29, 1.82) is 0 Å². The number of hydrogen-bond donors (Lipinski definition) is 1. The second-order valence-electron chi connectivity index (χ2n) is 5.64. The number of carbonyl (C=O) groups excluding carboxylic acids is 1. The number of benzene rings is 1. The molecule has 7 heteroatoms. The Labute approximate surface area is 137 Å². The summed E-state index contributed by atoms with van der Waals surface area (Å²) in [4.78, 5) is 12.3. The summed E-state index contributed by atoms with van der Waals surface area (Å²) in [5.74, 6) is -0.776. The van der Waals surface area contributed by atoms with Gasteiger partial charge in [-0.2, -0.15) is 4.72 Å². The fourth-order valence-electron chi connectivity index (χ4n) is 2.55. The second-order valence-corrected chi connectivity index (χ2v) is 7.36. The van der Waals surface area contributed by atoms with Gasteiger partial charge in [-0.1, -0.05) is 17.7 Å². The lowest BCUT2D eigenvalue weighted by Crippen LogP contribution is -2.49. The van der Waals surface area contributed by atoms with E-state index >= 15 is 0 Å². The third kappa shape index (κ3) is 4.76. The first-order valence-electron chi connectivity index (χ1n) is 7.77. The van der Waals surface area contributed by atoms with Crippen molar-refractivity contribution in [2.24, 2.45) is 5.92 Å². The Bertz CT molecular complexity index is 620. The fraction of sp³-hybridized carbons (Fsp3) is 0.562. The molecule has 0 aliphatic carbocycles. The second kappa shape index (κ2) is 7.90. The van der Waals surface area contributed by atoms with Crippen molar-refractivity contribution < 1.29 is 22.7 Å². The molecule has 23 heavy (non-hydrogen) atoms. The van der Waals surface area contributed by atoms with Crippen LogP contribution in [0.25, 0.3) is 0 Å². The van der Waals surface area contributed by atoms with Crippen molar-refractivity contribution in [3.05, 3.63) is 29.8 Å². The lowest BCUT2D eigenvalue weighted by molar-refractivity contribution is -0.148. The number of aryl methyl sites for hydroxylation is 1. The number of hydrogen-bond acceptors (Lipinski definition) is 5. The van der Waals surface area contributed by atoms with Crippen LogP contribution in [0.1, 0.15) is 25.3 Å². The third-order valence-corrected chi connectivity index (χ3v) is 5.28. The van der Waals surface area contributed by atoms with E-state index in [1.807, 2.05) is 6.92 Å². The van der Waals surface area contributed by atoms with Gasteiger partial charge in [0.1, 0.15) is 6.04 Å². The maximum absolute atomic E-state index is 12.5. The van der Waals surface area contributed by atoms with Crippen molar-refractivity contribution in [3.63, 3.8) is 0 Å². The lowest BCUT2D eigenvalue weighted by Gasteiger charge is -2.29. The molecule has 0 radical (unpaired) electrons. The highest BCUT2D eigenvalue weighted by atomic mass is 32.2. The van der Waals surface area contributed by atoms with Crippen LogP contribution in [0.2, 0.25) is 0 Å². The molecule has 1 fully saturated rings. The lowest BCUT2D eigenvalue weighted by atomic mass is 9.94. The van der Waals surface area contributed by atoms with E-state index in [2.05, 4.69) is 4.72 Å². The van der Waals surface area contributed by atoms with Gasteiger partial charge >= 0.3 is 5.97 Å². The summed E-state index contributed by atoms with van der Waals surface area (Å²) in [5.41, 5.74) is 0.964.